The first-order valence-corrected chi connectivity index (χ1v) is 30.1. The summed E-state index contributed by atoms with van der Waals surface area (Å²) in [6.45, 7) is 16.0. The van der Waals surface area contributed by atoms with Crippen LogP contribution in [-0.4, -0.2) is 83.2 Å². The second kappa shape index (κ2) is 40.8. The first-order valence-electron chi connectivity index (χ1n) is 28.6. The van der Waals surface area contributed by atoms with E-state index in [2.05, 4.69) is 84.9 Å². The van der Waals surface area contributed by atoms with Gasteiger partial charge < -0.3 is 18.7 Å². The van der Waals surface area contributed by atoms with Crippen molar-refractivity contribution in [3.05, 3.63) is 54.1 Å². The van der Waals surface area contributed by atoms with Crippen molar-refractivity contribution in [1.29, 1.82) is 0 Å². The van der Waals surface area contributed by atoms with Gasteiger partial charge in [0.1, 0.15) is 32.1 Å². The number of carbonyl (C=O) groups is 2. The van der Waals surface area contributed by atoms with Crippen LogP contribution in [0, 0.1) is 5.41 Å². The molecule has 0 heterocycles. The molecular formula is C60H109NO9P+. The molecule has 10 nitrogen and oxygen atoms in total. The molecule has 1 rings (SSSR count). The monoisotopic (exact) mass is 1020 g/mol. The number of phosphoric acid groups is 1. The third-order valence-electron chi connectivity index (χ3n) is 12.7. The number of phosphoric ester groups is 1. The lowest BCUT2D eigenvalue weighted by atomic mass is 9.72. The Morgan fingerprint density at radius 3 is 1.45 bits per heavy atom. The van der Waals surface area contributed by atoms with Crippen molar-refractivity contribution in [2.45, 2.75) is 246 Å². The van der Waals surface area contributed by atoms with Crippen LogP contribution in [0.3, 0.4) is 0 Å². The minimum Gasteiger partial charge on any atom is -0.491 e. The lowest BCUT2D eigenvalue weighted by molar-refractivity contribution is -0.870. The Morgan fingerprint density at radius 2 is 0.986 bits per heavy atom. The topological polar surface area (TPSA) is 107 Å². The summed E-state index contributed by atoms with van der Waals surface area (Å²) in [5, 5.41) is 0. The van der Waals surface area contributed by atoms with E-state index in [1.807, 2.05) is 33.3 Å². The maximum Gasteiger partial charge on any atom is 0.475 e. The van der Waals surface area contributed by atoms with Crippen molar-refractivity contribution in [1.82, 2.24) is 0 Å². The number of likely N-dealkylation sites (N-methyl/N-ethyl adjacent to an activating group) is 1. The molecule has 71 heavy (non-hydrogen) atoms. The minimum absolute atomic E-state index is 0.00522. The predicted octanol–water partition coefficient (Wildman–Crippen LogP) is 17.2. The second-order valence-electron chi connectivity index (χ2n) is 22.9. The Labute approximate surface area is 436 Å². The maximum absolute atomic E-state index is 14.1. The van der Waals surface area contributed by atoms with Gasteiger partial charge in [-0.3, -0.25) is 23.2 Å². The number of rotatable bonds is 47. The van der Waals surface area contributed by atoms with Gasteiger partial charge in [0, 0.05) is 12.8 Å². The predicted molar refractivity (Wildman–Crippen MR) is 297 cm³/mol. The number of allylic oxidation sites excluding steroid dienone is 4. The van der Waals surface area contributed by atoms with E-state index in [9.17, 15) is 14.2 Å². The normalized spacial score (nSPS) is 13.8. The van der Waals surface area contributed by atoms with Gasteiger partial charge in [-0.15, -0.1) is 0 Å². The molecule has 0 fully saturated rings. The number of unbranched alkanes of at least 4 members (excludes halogenated alkanes) is 22. The van der Waals surface area contributed by atoms with Gasteiger partial charge in [0.25, 0.3) is 0 Å². The minimum atomic E-state index is -4.15. The van der Waals surface area contributed by atoms with Crippen LogP contribution >= 0.6 is 7.82 Å². The molecule has 1 aromatic rings. The first-order chi connectivity index (χ1) is 33.9. The van der Waals surface area contributed by atoms with E-state index >= 15 is 0 Å². The number of hydrogen-bond acceptors (Lipinski definition) is 9. The van der Waals surface area contributed by atoms with E-state index in [0.717, 1.165) is 77.0 Å². The molecule has 0 aliphatic carbocycles. The molecule has 0 bridgehead atoms. The third kappa shape index (κ3) is 40.6. The standard InChI is InChI=1S/C60H109NO9P/c1-11-13-15-17-19-21-23-25-27-29-31-33-35-37-39-41-57(62)66-51-56(70-58(63)42-40-38-36-34-32-30-28-26-24-22-20-18-16-14-12-2)52-69-71(64,67-48-47-61(8,9)10)68-50-49-65-55-45-43-54(44-46-55)60(6,7)53-59(3,4)5/h25-28,43-46,56H,11-24,29-42,47-53H2,1-10H3/q+1/b27-25-,28-26-/t56-,71?/m1/s1. The van der Waals surface area contributed by atoms with Crippen molar-refractivity contribution in [3.63, 3.8) is 0 Å². The number of ether oxygens (including phenoxy) is 3. The summed E-state index contributed by atoms with van der Waals surface area (Å²) >= 11 is 0. The summed E-state index contributed by atoms with van der Waals surface area (Å²) in [7, 11) is 1.88. The fourth-order valence-electron chi connectivity index (χ4n) is 8.75. The van der Waals surface area contributed by atoms with Crippen LogP contribution in [0.2, 0.25) is 0 Å². The Balaban J connectivity index is 2.75. The zero-order valence-electron chi connectivity index (χ0n) is 47.5. The Bertz CT molecular complexity index is 1560. The fourth-order valence-corrected chi connectivity index (χ4v) is 9.93. The van der Waals surface area contributed by atoms with Gasteiger partial charge in [-0.1, -0.05) is 188 Å². The first kappa shape index (κ1) is 66.5. The Hall–Kier alpha value is -2.49. The van der Waals surface area contributed by atoms with Crippen LogP contribution in [0.25, 0.3) is 0 Å². The molecule has 0 aromatic heterocycles. The second-order valence-corrected chi connectivity index (χ2v) is 24.5. The molecule has 0 saturated heterocycles. The van der Waals surface area contributed by atoms with Crippen molar-refractivity contribution in [3.8, 4) is 5.75 Å². The van der Waals surface area contributed by atoms with Crippen molar-refractivity contribution < 1.29 is 46.4 Å². The summed E-state index contributed by atoms with van der Waals surface area (Å²) < 4.78 is 49.6. The molecule has 1 unspecified atom stereocenters. The lowest BCUT2D eigenvalue weighted by Crippen LogP contribution is -2.37. The summed E-state index contributed by atoms with van der Waals surface area (Å²) in [5.41, 5.74) is 1.43. The number of esters is 2. The molecular weight excluding hydrogens is 910 g/mol. The highest BCUT2D eigenvalue weighted by Gasteiger charge is 2.31. The van der Waals surface area contributed by atoms with Crippen LogP contribution in [0.15, 0.2) is 48.6 Å². The van der Waals surface area contributed by atoms with E-state index in [-0.39, 0.29) is 62.7 Å². The number of carbonyl (C=O) groups excluding carboxylic acids is 2. The van der Waals surface area contributed by atoms with E-state index < -0.39 is 19.9 Å². The van der Waals surface area contributed by atoms with Crippen molar-refractivity contribution in [2.75, 3.05) is 60.7 Å². The number of hydrogen-bond donors (Lipinski definition) is 0. The molecule has 1 aromatic carbocycles. The van der Waals surface area contributed by atoms with E-state index in [1.54, 1.807) is 0 Å². The molecule has 2 atom stereocenters. The number of quaternary nitrogens is 1. The van der Waals surface area contributed by atoms with Gasteiger partial charge in [0.15, 0.2) is 6.10 Å². The summed E-state index contributed by atoms with van der Waals surface area (Å²) in [5.74, 6) is -0.0950. The summed E-state index contributed by atoms with van der Waals surface area (Å²) in [6, 6.07) is 8.08. The molecule has 412 valence electrons. The zero-order chi connectivity index (χ0) is 52.5. The third-order valence-corrected chi connectivity index (χ3v) is 14.1. The summed E-state index contributed by atoms with van der Waals surface area (Å²) in [6.07, 6.45) is 40.3. The molecule has 11 heteroatoms. The highest BCUT2D eigenvalue weighted by molar-refractivity contribution is 7.48. The molecule has 0 radical (unpaired) electrons. The smallest absolute Gasteiger partial charge is 0.475 e. The van der Waals surface area contributed by atoms with Crippen LogP contribution in [0.5, 0.6) is 5.75 Å². The van der Waals surface area contributed by atoms with Gasteiger partial charge in [0.05, 0.1) is 34.4 Å². The highest BCUT2D eigenvalue weighted by atomic mass is 31.2. The molecule has 0 N–H and O–H groups in total. The van der Waals surface area contributed by atoms with Gasteiger partial charge >= 0.3 is 19.8 Å². The number of nitrogens with zero attached hydrogens (tertiary/aromatic N) is 1. The van der Waals surface area contributed by atoms with Crippen molar-refractivity contribution in [2.24, 2.45) is 5.41 Å². The van der Waals surface area contributed by atoms with Crippen LogP contribution in [-0.2, 0) is 42.6 Å². The maximum atomic E-state index is 14.1. The molecule has 0 saturated carbocycles. The molecule has 0 aliphatic heterocycles. The molecule has 0 aliphatic rings. The van der Waals surface area contributed by atoms with Gasteiger partial charge in [-0.05, 0) is 99.2 Å². The fraction of sp³-hybridized carbons (Fsp3) is 0.800. The lowest BCUT2D eigenvalue weighted by Gasteiger charge is -2.33. The van der Waals surface area contributed by atoms with Gasteiger partial charge in [-0.25, -0.2) is 4.57 Å². The van der Waals surface area contributed by atoms with Crippen LogP contribution < -0.4 is 4.74 Å². The Morgan fingerprint density at radius 1 is 0.549 bits per heavy atom. The van der Waals surface area contributed by atoms with E-state index in [1.165, 1.54) is 95.5 Å². The number of benzene rings is 1. The highest BCUT2D eigenvalue weighted by Crippen LogP contribution is 2.49. The van der Waals surface area contributed by atoms with Gasteiger partial charge in [0.2, 0.25) is 0 Å². The SMILES string of the molecule is CCCCCCCC/C=C\CCCCCCCC(=O)OC[C@H](COP(=O)(OCCOc1ccc(C(C)(C)CC(C)(C)C)cc1)OCC[N+](C)(C)C)OC(=O)CCCCCCC/C=C\CCCCCCCC. The Kier molecular flexibility index (Phi) is 38.3. The zero-order valence-corrected chi connectivity index (χ0v) is 48.4. The largest absolute Gasteiger partial charge is 0.491 e. The van der Waals surface area contributed by atoms with Crippen LogP contribution in [0.4, 0.5) is 0 Å². The van der Waals surface area contributed by atoms with Gasteiger partial charge in [-0.2, -0.15) is 0 Å². The average molecular weight is 1020 g/mol. The quantitative estimate of drug-likeness (QED) is 0.0207. The summed E-state index contributed by atoms with van der Waals surface area (Å²) in [4.78, 5) is 26.1. The van der Waals surface area contributed by atoms with Crippen molar-refractivity contribution >= 4 is 19.8 Å². The molecule has 0 amide bonds. The van der Waals surface area contributed by atoms with Crippen LogP contribution in [0.1, 0.15) is 240 Å². The molecule has 0 spiro atoms. The average Bonchev–Trinajstić information content (AvgIpc) is 3.30. The van der Waals surface area contributed by atoms with E-state index in [0.29, 0.717) is 23.2 Å². The van der Waals surface area contributed by atoms with E-state index in [4.69, 9.17) is 27.8 Å².